The summed E-state index contributed by atoms with van der Waals surface area (Å²) in [6, 6.07) is 5.44. The van der Waals surface area contributed by atoms with Gasteiger partial charge in [0.2, 0.25) is 10.0 Å². The molecule has 118 valence electrons. The Balaban J connectivity index is 1.77. The second-order valence-electron chi connectivity index (χ2n) is 5.64. The first-order chi connectivity index (χ1) is 9.99. The average molecular weight is 317 g/mol. The van der Waals surface area contributed by atoms with Crippen LogP contribution in [0.4, 0.5) is 4.39 Å². The minimum atomic E-state index is -3.74. The van der Waals surface area contributed by atoms with Gasteiger partial charge >= 0.3 is 0 Å². The maximum atomic E-state index is 13.5. The van der Waals surface area contributed by atoms with Gasteiger partial charge in [0.1, 0.15) is 36.9 Å². The molecule has 0 aromatic heterocycles. The number of hydrogen-bond donors (Lipinski definition) is 3. The highest BCUT2D eigenvalue weighted by Crippen LogP contribution is 2.12. The van der Waals surface area contributed by atoms with Crippen molar-refractivity contribution in [1.82, 2.24) is 4.72 Å². The summed E-state index contributed by atoms with van der Waals surface area (Å²) in [6.45, 7) is 5.89. The van der Waals surface area contributed by atoms with Crippen LogP contribution in [0.3, 0.4) is 0 Å². The quantitative estimate of drug-likeness (QED) is 0.527. The molecule has 0 amide bonds. The van der Waals surface area contributed by atoms with E-state index < -0.39 is 15.8 Å². The van der Waals surface area contributed by atoms with Crippen molar-refractivity contribution in [1.29, 1.82) is 0 Å². The highest BCUT2D eigenvalue weighted by atomic mass is 32.2. The van der Waals surface area contributed by atoms with Crippen LogP contribution in [-0.2, 0) is 10.0 Å². The van der Waals surface area contributed by atoms with E-state index in [1.54, 1.807) is 4.90 Å². The fourth-order valence-electron chi connectivity index (χ4n) is 2.57. The lowest BCUT2D eigenvalue weighted by atomic mass is 10.3. The highest BCUT2D eigenvalue weighted by molar-refractivity contribution is 7.89. The van der Waals surface area contributed by atoms with E-state index >= 15 is 0 Å². The van der Waals surface area contributed by atoms with E-state index in [0.29, 0.717) is 6.54 Å². The Morgan fingerprint density at radius 3 is 2.52 bits per heavy atom. The normalized spacial score (nSPS) is 23.1. The molecule has 7 heteroatoms. The smallest absolute Gasteiger partial charge is 0.243 e. The largest absolute Gasteiger partial charge is 0.328 e. The van der Waals surface area contributed by atoms with Gasteiger partial charge in [-0.15, -0.1) is 0 Å². The van der Waals surface area contributed by atoms with Crippen LogP contribution >= 0.6 is 0 Å². The predicted molar refractivity (Wildman–Crippen MR) is 78.4 cm³/mol. The van der Waals surface area contributed by atoms with E-state index in [1.807, 2.05) is 0 Å². The first-order valence-electron chi connectivity index (χ1n) is 7.38. The Labute approximate surface area is 125 Å². The summed E-state index contributed by atoms with van der Waals surface area (Å²) in [7, 11) is -1.55. The summed E-state index contributed by atoms with van der Waals surface area (Å²) in [5.74, 6) is -0.710. The number of likely N-dealkylation sites (N-methyl/N-ethyl adjacent to an activating group) is 1. The molecule has 5 nitrogen and oxygen atoms in total. The third-order valence-electron chi connectivity index (χ3n) is 3.94. The molecule has 3 N–H and O–H groups in total. The molecule has 1 aliphatic rings. The zero-order chi connectivity index (χ0) is 15.3. The number of piperazine rings is 1. The average Bonchev–Trinajstić information content (AvgIpc) is 2.46. The SMILES string of the molecule is C[NH+]1CC[NH+](CCCNS(=O)(=O)c2ccccc2F)CC1. The van der Waals surface area contributed by atoms with Gasteiger partial charge in [0.05, 0.1) is 13.6 Å². The molecule has 0 radical (unpaired) electrons. The van der Waals surface area contributed by atoms with Crippen LogP contribution in [0, 0.1) is 5.82 Å². The van der Waals surface area contributed by atoms with E-state index in [0.717, 1.165) is 45.2 Å². The molecule has 0 unspecified atom stereocenters. The van der Waals surface area contributed by atoms with Crippen molar-refractivity contribution in [2.45, 2.75) is 11.3 Å². The number of quaternary nitrogens is 2. The van der Waals surface area contributed by atoms with E-state index in [2.05, 4.69) is 11.8 Å². The van der Waals surface area contributed by atoms with Crippen LogP contribution in [0.2, 0.25) is 0 Å². The minimum absolute atomic E-state index is 0.277. The van der Waals surface area contributed by atoms with E-state index in [4.69, 9.17) is 0 Å². The van der Waals surface area contributed by atoms with Crippen molar-refractivity contribution < 1.29 is 22.6 Å². The maximum absolute atomic E-state index is 13.5. The van der Waals surface area contributed by atoms with Crippen LogP contribution in [0.25, 0.3) is 0 Å². The number of benzene rings is 1. The predicted octanol–water partition coefficient (Wildman–Crippen LogP) is -2.09. The molecule has 2 rings (SSSR count). The zero-order valence-corrected chi connectivity index (χ0v) is 13.2. The van der Waals surface area contributed by atoms with Crippen molar-refractivity contribution in [2.24, 2.45) is 0 Å². The fraction of sp³-hybridized carbons (Fsp3) is 0.571. The molecule has 1 aromatic carbocycles. The summed E-state index contributed by atoms with van der Waals surface area (Å²) in [5, 5.41) is 0. The van der Waals surface area contributed by atoms with Gasteiger partial charge in [0, 0.05) is 13.0 Å². The number of sulfonamides is 1. The van der Waals surface area contributed by atoms with Crippen molar-refractivity contribution in [3.63, 3.8) is 0 Å². The van der Waals surface area contributed by atoms with Crippen molar-refractivity contribution in [3.05, 3.63) is 30.1 Å². The molecule has 1 aromatic rings. The molecule has 0 atom stereocenters. The Hall–Kier alpha value is -1.02. The zero-order valence-electron chi connectivity index (χ0n) is 12.4. The van der Waals surface area contributed by atoms with Crippen molar-refractivity contribution in [3.8, 4) is 0 Å². The number of nitrogens with one attached hydrogen (secondary N) is 3. The summed E-state index contributed by atoms with van der Waals surface area (Å²) in [4.78, 5) is 2.80. The van der Waals surface area contributed by atoms with Gasteiger partial charge in [0.15, 0.2) is 0 Å². The number of hydrogen-bond acceptors (Lipinski definition) is 2. The molecular formula is C14H24FN3O2S+2. The molecular weight excluding hydrogens is 293 g/mol. The minimum Gasteiger partial charge on any atom is -0.328 e. The Morgan fingerprint density at radius 1 is 1.19 bits per heavy atom. The van der Waals surface area contributed by atoms with Crippen LogP contribution in [0.5, 0.6) is 0 Å². The van der Waals surface area contributed by atoms with E-state index in [-0.39, 0.29) is 4.90 Å². The van der Waals surface area contributed by atoms with Crippen LogP contribution < -0.4 is 14.5 Å². The van der Waals surface area contributed by atoms with Gasteiger partial charge < -0.3 is 9.80 Å². The Morgan fingerprint density at radius 2 is 1.86 bits per heavy atom. The maximum Gasteiger partial charge on any atom is 0.243 e. The van der Waals surface area contributed by atoms with Gasteiger partial charge in [-0.3, -0.25) is 0 Å². The lowest BCUT2D eigenvalue weighted by molar-refractivity contribution is -1.00. The van der Waals surface area contributed by atoms with Gasteiger partial charge in [-0.2, -0.15) is 0 Å². The lowest BCUT2D eigenvalue weighted by Crippen LogP contribution is -3.27. The topological polar surface area (TPSA) is 55.1 Å². The molecule has 1 fully saturated rings. The van der Waals surface area contributed by atoms with E-state index in [9.17, 15) is 12.8 Å². The molecule has 1 aliphatic heterocycles. The Bertz CT molecular complexity index is 557. The molecule has 1 heterocycles. The first kappa shape index (κ1) is 16.4. The van der Waals surface area contributed by atoms with Crippen LogP contribution in [0.15, 0.2) is 29.2 Å². The highest BCUT2D eigenvalue weighted by Gasteiger charge is 2.20. The third kappa shape index (κ3) is 4.74. The molecule has 21 heavy (non-hydrogen) atoms. The second kappa shape index (κ2) is 7.31. The van der Waals surface area contributed by atoms with Crippen LogP contribution in [0.1, 0.15) is 6.42 Å². The number of rotatable bonds is 6. The van der Waals surface area contributed by atoms with Gasteiger partial charge in [-0.05, 0) is 12.1 Å². The summed E-state index contributed by atoms with van der Waals surface area (Å²) >= 11 is 0. The van der Waals surface area contributed by atoms with Crippen LogP contribution in [-0.4, -0.2) is 54.7 Å². The fourth-order valence-corrected chi connectivity index (χ4v) is 3.72. The summed E-state index contributed by atoms with van der Waals surface area (Å²) in [5.41, 5.74) is 0. The molecule has 0 aliphatic carbocycles. The standard InChI is InChI=1S/C14H22FN3O2S/c1-17-9-11-18(12-10-17)8-4-7-16-21(19,20)14-6-3-2-5-13(14)15/h2-3,5-6,16H,4,7-12H2,1H3/p+2. The number of halogens is 1. The molecule has 1 saturated heterocycles. The molecule has 0 saturated carbocycles. The summed E-state index contributed by atoms with van der Waals surface area (Å²) < 4.78 is 39.9. The van der Waals surface area contributed by atoms with E-state index in [1.165, 1.54) is 23.1 Å². The van der Waals surface area contributed by atoms with Gasteiger partial charge in [-0.1, -0.05) is 12.1 Å². The van der Waals surface area contributed by atoms with Crippen molar-refractivity contribution >= 4 is 10.0 Å². The van der Waals surface area contributed by atoms with Crippen molar-refractivity contribution in [2.75, 3.05) is 46.3 Å². The third-order valence-corrected chi connectivity index (χ3v) is 5.43. The van der Waals surface area contributed by atoms with Gasteiger partial charge in [0.25, 0.3) is 0 Å². The molecule has 0 spiro atoms. The van der Waals surface area contributed by atoms with Gasteiger partial charge in [-0.25, -0.2) is 17.5 Å². The monoisotopic (exact) mass is 317 g/mol. The molecule has 0 bridgehead atoms. The summed E-state index contributed by atoms with van der Waals surface area (Å²) in [6.07, 6.45) is 0.766. The second-order valence-corrected chi connectivity index (χ2v) is 7.37. The first-order valence-corrected chi connectivity index (χ1v) is 8.86. The Kier molecular flexibility index (Phi) is 5.69. The lowest BCUT2D eigenvalue weighted by Gasteiger charge is -2.27.